The fourth-order valence-electron chi connectivity index (χ4n) is 3.20. The van der Waals surface area contributed by atoms with Gasteiger partial charge in [0.2, 0.25) is 0 Å². The van der Waals surface area contributed by atoms with E-state index in [0.29, 0.717) is 132 Å². The highest BCUT2D eigenvalue weighted by Gasteiger charge is 1.97. The summed E-state index contributed by atoms with van der Waals surface area (Å²) in [5.41, 5.74) is 0. The Morgan fingerprint density at radius 3 is 0.791 bits per heavy atom. The minimum atomic E-state index is 0.521. The first-order valence-electron chi connectivity index (χ1n) is 15.8. The molecule has 260 valence electrons. The lowest BCUT2D eigenvalue weighted by Gasteiger charge is -2.10. The third-order valence-corrected chi connectivity index (χ3v) is 5.84. The highest BCUT2D eigenvalue weighted by molar-refractivity contribution is 6.17. The Morgan fingerprint density at radius 1 is 0.302 bits per heavy atom. The molecule has 0 heterocycles. The van der Waals surface area contributed by atoms with Crippen LogP contribution in [0.2, 0.25) is 0 Å². The summed E-state index contributed by atoms with van der Waals surface area (Å²) in [6.07, 6.45) is 4.51. The molecule has 0 aliphatic carbocycles. The zero-order valence-corrected chi connectivity index (χ0v) is 27.9. The smallest absolute Gasteiger partial charge is 0.0701 e. The van der Waals surface area contributed by atoms with Crippen LogP contribution in [0.25, 0.3) is 0 Å². The van der Waals surface area contributed by atoms with Gasteiger partial charge < -0.3 is 57.0 Å². The van der Waals surface area contributed by atoms with Gasteiger partial charge in [-0.3, -0.25) is 0 Å². The van der Waals surface area contributed by atoms with Crippen LogP contribution in [0.3, 0.4) is 0 Å². The van der Waals surface area contributed by atoms with Crippen LogP contribution >= 0.6 is 11.6 Å². The van der Waals surface area contributed by atoms with E-state index < -0.39 is 0 Å². The molecule has 0 aromatic rings. The largest absolute Gasteiger partial charge is 0.379 e. The Labute approximate surface area is 266 Å². The van der Waals surface area contributed by atoms with Crippen molar-refractivity contribution in [3.05, 3.63) is 0 Å². The van der Waals surface area contributed by atoms with Crippen LogP contribution in [0.15, 0.2) is 0 Å². The highest BCUT2D eigenvalue weighted by atomic mass is 35.5. The van der Waals surface area contributed by atoms with E-state index in [9.17, 15) is 0 Å². The fraction of sp³-hybridized carbons (Fsp3) is 1.00. The number of hydrogen-bond donors (Lipinski definition) is 0. The molecule has 12 nitrogen and oxygen atoms in total. The molecule has 0 fully saturated rings. The minimum Gasteiger partial charge on any atom is -0.379 e. The van der Waals surface area contributed by atoms with E-state index in [1.54, 1.807) is 0 Å². The Bertz CT molecular complexity index is 499. The van der Waals surface area contributed by atoms with Gasteiger partial charge in [-0.25, -0.2) is 0 Å². The number of halogens is 1. The lowest BCUT2D eigenvalue weighted by molar-refractivity contribution is -0.0276. The molecular formula is C30H62ClNO11. The van der Waals surface area contributed by atoms with Crippen molar-refractivity contribution in [1.82, 2.24) is 4.90 Å². The molecule has 0 aromatic heterocycles. The number of likely N-dealkylation sites (N-methyl/N-ethyl adjacent to an activating group) is 1. The number of unbranched alkanes of at least 4 members (excludes halogenated alkanes) is 3. The summed E-state index contributed by atoms with van der Waals surface area (Å²) in [6.45, 7) is 13.3. The molecule has 0 atom stereocenters. The van der Waals surface area contributed by atoms with E-state index >= 15 is 0 Å². The summed E-state index contributed by atoms with van der Waals surface area (Å²) in [6, 6.07) is 0. The summed E-state index contributed by atoms with van der Waals surface area (Å²) in [5.74, 6) is 0.745. The normalized spacial score (nSPS) is 11.7. The maximum atomic E-state index is 5.65. The van der Waals surface area contributed by atoms with Crippen LogP contribution in [-0.2, 0) is 52.1 Å². The molecule has 0 spiro atoms. The highest BCUT2D eigenvalue weighted by Crippen LogP contribution is 2.01. The van der Waals surface area contributed by atoms with Gasteiger partial charge in [-0.1, -0.05) is 12.8 Å². The second-order valence-electron chi connectivity index (χ2n) is 9.64. The molecule has 0 saturated heterocycles. The van der Waals surface area contributed by atoms with Crippen LogP contribution in [0.1, 0.15) is 25.7 Å². The molecule has 0 radical (unpaired) electrons. The molecule has 0 bridgehead atoms. The lowest BCUT2D eigenvalue weighted by Crippen LogP contribution is -2.19. The third kappa shape index (κ3) is 41.8. The molecule has 0 amide bonds. The number of hydrogen-bond acceptors (Lipinski definition) is 12. The van der Waals surface area contributed by atoms with Crippen LogP contribution in [0.4, 0.5) is 0 Å². The number of alkyl halides is 1. The van der Waals surface area contributed by atoms with Crippen molar-refractivity contribution in [2.24, 2.45) is 0 Å². The fourth-order valence-corrected chi connectivity index (χ4v) is 3.39. The van der Waals surface area contributed by atoms with E-state index in [-0.39, 0.29) is 0 Å². The number of nitrogens with zero attached hydrogens (tertiary/aromatic N) is 1. The molecule has 0 rings (SSSR count). The maximum absolute atomic E-state index is 5.65. The predicted molar refractivity (Wildman–Crippen MR) is 167 cm³/mol. The van der Waals surface area contributed by atoms with E-state index in [1.165, 1.54) is 12.8 Å². The average molecular weight is 648 g/mol. The van der Waals surface area contributed by atoms with Crippen molar-refractivity contribution in [3.8, 4) is 0 Å². The third-order valence-electron chi connectivity index (χ3n) is 5.58. The molecule has 0 aliphatic heterocycles. The van der Waals surface area contributed by atoms with E-state index in [2.05, 4.69) is 4.90 Å². The van der Waals surface area contributed by atoms with E-state index in [4.69, 9.17) is 63.7 Å². The van der Waals surface area contributed by atoms with Crippen LogP contribution in [-0.4, -0.2) is 177 Å². The molecule has 0 N–H and O–H groups in total. The van der Waals surface area contributed by atoms with Crippen LogP contribution < -0.4 is 0 Å². The van der Waals surface area contributed by atoms with Gasteiger partial charge in [0.25, 0.3) is 0 Å². The first-order valence-corrected chi connectivity index (χ1v) is 16.4. The summed E-state index contributed by atoms with van der Waals surface area (Å²) in [7, 11) is 4.04. The maximum Gasteiger partial charge on any atom is 0.0701 e. The predicted octanol–water partition coefficient (Wildman–Crippen LogP) is 2.53. The van der Waals surface area contributed by atoms with Gasteiger partial charge in [-0.2, -0.15) is 0 Å². The van der Waals surface area contributed by atoms with Crippen molar-refractivity contribution in [1.29, 1.82) is 0 Å². The van der Waals surface area contributed by atoms with Gasteiger partial charge in [0.05, 0.1) is 139 Å². The van der Waals surface area contributed by atoms with Gasteiger partial charge in [-0.15, -0.1) is 11.6 Å². The molecule has 13 heteroatoms. The average Bonchev–Trinajstić information content (AvgIpc) is 3.00. The standard InChI is InChI=1S/C30H62ClNO11/c1-32(2)8-10-34-12-14-36-16-18-38-20-22-40-24-26-42-28-30-43-29-27-41-25-23-39-21-19-37-17-15-35-13-11-33-9-6-4-3-5-7-31/h3-30H2,1-2H3. The number of ether oxygens (including phenoxy) is 11. The van der Waals surface area contributed by atoms with Gasteiger partial charge in [0.1, 0.15) is 0 Å². The summed E-state index contributed by atoms with van der Waals surface area (Å²) in [5, 5.41) is 0. The second kappa shape index (κ2) is 39.8. The Balaban J connectivity index is 3.03. The monoisotopic (exact) mass is 647 g/mol. The Kier molecular flexibility index (Phi) is 39.7. The van der Waals surface area contributed by atoms with Crippen LogP contribution in [0, 0.1) is 0 Å². The lowest BCUT2D eigenvalue weighted by atomic mass is 10.2. The summed E-state index contributed by atoms with van der Waals surface area (Å²) >= 11 is 5.65. The molecule has 43 heavy (non-hydrogen) atoms. The molecule has 0 saturated carbocycles. The van der Waals surface area contributed by atoms with Gasteiger partial charge in [0.15, 0.2) is 0 Å². The van der Waals surface area contributed by atoms with E-state index in [0.717, 1.165) is 38.5 Å². The Morgan fingerprint density at radius 2 is 0.535 bits per heavy atom. The van der Waals surface area contributed by atoms with Crippen molar-refractivity contribution in [2.75, 3.05) is 172 Å². The Hall–Kier alpha value is -0.190. The molecule has 0 unspecified atom stereocenters. The second-order valence-corrected chi connectivity index (χ2v) is 10.0. The van der Waals surface area contributed by atoms with Crippen molar-refractivity contribution < 1.29 is 52.1 Å². The number of rotatable bonds is 39. The summed E-state index contributed by atoms with van der Waals surface area (Å²) in [4.78, 5) is 2.08. The first kappa shape index (κ1) is 42.8. The topological polar surface area (TPSA) is 105 Å². The molecule has 0 aromatic carbocycles. The summed E-state index contributed by atoms with van der Waals surface area (Å²) < 4.78 is 60.2. The molecular weight excluding hydrogens is 586 g/mol. The first-order chi connectivity index (χ1) is 21.3. The van der Waals surface area contributed by atoms with Crippen LogP contribution in [0.5, 0.6) is 0 Å². The van der Waals surface area contributed by atoms with Gasteiger partial charge in [0, 0.05) is 19.0 Å². The van der Waals surface area contributed by atoms with Gasteiger partial charge >= 0.3 is 0 Å². The van der Waals surface area contributed by atoms with E-state index in [1.807, 2.05) is 14.1 Å². The quantitative estimate of drug-likeness (QED) is 0.0723. The van der Waals surface area contributed by atoms with Crippen molar-refractivity contribution >= 4 is 11.6 Å². The van der Waals surface area contributed by atoms with Gasteiger partial charge in [-0.05, 0) is 26.9 Å². The zero-order valence-electron chi connectivity index (χ0n) is 27.1. The SMILES string of the molecule is CN(C)CCOCCOCCOCCOCCOCCOCCOCCOCCOCCOCCOCCCCCCCl. The van der Waals surface area contributed by atoms with Crippen molar-refractivity contribution in [2.45, 2.75) is 25.7 Å². The molecule has 0 aliphatic rings. The minimum absolute atomic E-state index is 0.521. The zero-order chi connectivity index (χ0) is 31.2. The van der Waals surface area contributed by atoms with Crippen molar-refractivity contribution in [3.63, 3.8) is 0 Å².